The minimum atomic E-state index is 0.598. The van der Waals surface area contributed by atoms with Crippen LogP contribution in [0.1, 0.15) is 18.2 Å². The highest BCUT2D eigenvalue weighted by atomic mass is 15.0. The van der Waals surface area contributed by atoms with Crippen molar-refractivity contribution in [2.24, 2.45) is 10.7 Å². The number of hydrogen-bond donors (Lipinski definition) is 1. The van der Waals surface area contributed by atoms with Crippen molar-refractivity contribution >= 4 is 5.71 Å². The third kappa shape index (κ3) is 8.21. The van der Waals surface area contributed by atoms with Gasteiger partial charge >= 0.3 is 0 Å². The minimum absolute atomic E-state index is 0.598. The number of rotatable bonds is 9. The molecule has 2 aromatic heterocycles. The van der Waals surface area contributed by atoms with Gasteiger partial charge in [0.15, 0.2) is 17.5 Å². The molecule has 0 atom stereocenters. The van der Waals surface area contributed by atoms with Crippen molar-refractivity contribution in [1.29, 1.82) is 0 Å². The smallest absolute Gasteiger partial charge is 0.164 e. The molecule has 5 aromatic carbocycles. The molecule has 2 heterocycles. The Bertz CT molecular complexity index is 2290. The molecular formula is C46H40N6. The molecule has 0 spiro atoms. The zero-order valence-electron chi connectivity index (χ0n) is 29.7. The Morgan fingerprint density at radius 3 is 1.46 bits per heavy atom. The first-order valence-corrected chi connectivity index (χ1v) is 17.1. The SMILES string of the molecule is C=CC(=NC(=C)C)c1ccc(-c2cc(-c3ccc(-c4cccc(C)n4)cc3)cc(-c3nc(-c4ccccc4)nc(-c4ccccc4)n3)c2)cc1.CN. The van der Waals surface area contributed by atoms with E-state index < -0.39 is 0 Å². The molecule has 0 aliphatic carbocycles. The Morgan fingerprint density at radius 1 is 0.519 bits per heavy atom. The molecule has 0 saturated carbocycles. The van der Waals surface area contributed by atoms with E-state index >= 15 is 0 Å². The number of benzene rings is 5. The van der Waals surface area contributed by atoms with Crippen molar-refractivity contribution in [3.63, 3.8) is 0 Å². The molecule has 254 valence electrons. The van der Waals surface area contributed by atoms with Crippen LogP contribution in [0.2, 0.25) is 0 Å². The van der Waals surface area contributed by atoms with Crippen LogP contribution in [0.5, 0.6) is 0 Å². The maximum atomic E-state index is 5.04. The predicted molar refractivity (Wildman–Crippen MR) is 217 cm³/mol. The van der Waals surface area contributed by atoms with Crippen molar-refractivity contribution in [2.75, 3.05) is 7.05 Å². The molecule has 52 heavy (non-hydrogen) atoms. The number of allylic oxidation sites excluding steroid dienone is 2. The zero-order chi connectivity index (χ0) is 36.5. The molecule has 0 bridgehead atoms. The fourth-order valence-corrected chi connectivity index (χ4v) is 5.83. The molecule has 7 rings (SSSR count). The summed E-state index contributed by atoms with van der Waals surface area (Å²) in [6, 6.07) is 49.6. The molecule has 6 heteroatoms. The second-order valence-corrected chi connectivity index (χ2v) is 12.1. The Hall–Kier alpha value is -6.63. The van der Waals surface area contributed by atoms with Gasteiger partial charge in [-0.25, -0.2) is 15.0 Å². The summed E-state index contributed by atoms with van der Waals surface area (Å²) in [7, 11) is 1.50. The van der Waals surface area contributed by atoms with Gasteiger partial charge in [0.1, 0.15) is 0 Å². The van der Waals surface area contributed by atoms with E-state index in [4.69, 9.17) is 19.9 Å². The van der Waals surface area contributed by atoms with E-state index in [1.54, 1.807) is 6.08 Å². The van der Waals surface area contributed by atoms with E-state index in [1.807, 2.05) is 92.7 Å². The summed E-state index contributed by atoms with van der Waals surface area (Å²) in [5.41, 5.74) is 16.9. The standard InChI is InChI=1S/C45H35N5.CH5N/c1-5-41(46-30(2)3)34-23-19-32(20-24-34)38-27-39(33-21-25-35(26-22-33)42-18-12-13-31(4)47-42)29-40(28-38)45-49-43(36-14-8-6-9-15-36)48-44(50-45)37-16-10-7-11-17-37;1-2/h5-29H,1-2H2,3-4H3;2H2,1H3. The molecule has 0 aliphatic rings. The minimum Gasteiger partial charge on any atom is -0.333 e. The highest BCUT2D eigenvalue weighted by Gasteiger charge is 2.15. The second-order valence-electron chi connectivity index (χ2n) is 12.1. The normalized spacial score (nSPS) is 11.0. The van der Waals surface area contributed by atoms with Gasteiger partial charge in [-0.05, 0) is 79.6 Å². The molecule has 7 aromatic rings. The molecule has 0 aliphatic heterocycles. The highest BCUT2D eigenvalue weighted by Crippen LogP contribution is 2.34. The van der Waals surface area contributed by atoms with Crippen LogP contribution in [0, 0.1) is 6.92 Å². The molecular weight excluding hydrogens is 637 g/mol. The van der Waals surface area contributed by atoms with Gasteiger partial charge in [-0.2, -0.15) is 0 Å². The quantitative estimate of drug-likeness (QED) is 0.154. The van der Waals surface area contributed by atoms with E-state index in [0.717, 1.165) is 72.9 Å². The van der Waals surface area contributed by atoms with Crippen LogP contribution in [0.4, 0.5) is 0 Å². The third-order valence-corrected chi connectivity index (χ3v) is 8.31. The first-order valence-electron chi connectivity index (χ1n) is 17.1. The lowest BCUT2D eigenvalue weighted by molar-refractivity contribution is 1.07. The largest absolute Gasteiger partial charge is 0.333 e. The summed E-state index contributed by atoms with van der Waals surface area (Å²) < 4.78 is 0. The van der Waals surface area contributed by atoms with Gasteiger partial charge in [-0.3, -0.25) is 9.98 Å². The molecule has 0 amide bonds. The van der Waals surface area contributed by atoms with Crippen molar-refractivity contribution in [1.82, 2.24) is 19.9 Å². The Kier molecular flexibility index (Phi) is 11.1. The van der Waals surface area contributed by atoms with Crippen LogP contribution in [-0.4, -0.2) is 32.7 Å². The summed E-state index contributed by atoms with van der Waals surface area (Å²) in [6.07, 6.45) is 1.76. The molecule has 0 radical (unpaired) electrons. The summed E-state index contributed by atoms with van der Waals surface area (Å²) in [5, 5.41) is 0. The maximum Gasteiger partial charge on any atom is 0.164 e. The topological polar surface area (TPSA) is 89.9 Å². The first kappa shape index (κ1) is 35.2. The van der Waals surface area contributed by atoms with Crippen molar-refractivity contribution in [3.8, 4) is 67.7 Å². The van der Waals surface area contributed by atoms with Gasteiger partial charge in [0.05, 0.1) is 11.4 Å². The lowest BCUT2D eigenvalue weighted by atomic mass is 9.94. The Balaban J connectivity index is 0.00000228. The lowest BCUT2D eigenvalue weighted by Crippen LogP contribution is -2.00. The van der Waals surface area contributed by atoms with Crippen molar-refractivity contribution < 1.29 is 0 Å². The maximum absolute atomic E-state index is 5.04. The lowest BCUT2D eigenvalue weighted by Gasteiger charge is -2.13. The van der Waals surface area contributed by atoms with Crippen LogP contribution in [0.25, 0.3) is 67.7 Å². The average molecular weight is 677 g/mol. The molecule has 6 nitrogen and oxygen atoms in total. The number of aliphatic imine (C=N–C) groups is 1. The van der Waals surface area contributed by atoms with Crippen molar-refractivity contribution in [2.45, 2.75) is 13.8 Å². The van der Waals surface area contributed by atoms with E-state index in [-0.39, 0.29) is 0 Å². The Morgan fingerprint density at radius 2 is 0.981 bits per heavy atom. The van der Waals surface area contributed by atoms with Gasteiger partial charge in [-0.1, -0.05) is 128 Å². The molecule has 0 fully saturated rings. The van der Waals surface area contributed by atoms with Crippen LogP contribution >= 0.6 is 0 Å². The van der Waals surface area contributed by atoms with Gasteiger partial charge in [-0.15, -0.1) is 0 Å². The first-order chi connectivity index (χ1) is 25.4. The van der Waals surface area contributed by atoms with Crippen molar-refractivity contribution in [3.05, 3.63) is 182 Å². The molecule has 0 saturated heterocycles. The third-order valence-electron chi connectivity index (χ3n) is 8.31. The summed E-state index contributed by atoms with van der Waals surface area (Å²) >= 11 is 0. The van der Waals surface area contributed by atoms with E-state index in [9.17, 15) is 0 Å². The van der Waals surface area contributed by atoms with Gasteiger partial charge < -0.3 is 5.73 Å². The summed E-state index contributed by atoms with van der Waals surface area (Å²) in [4.78, 5) is 24.3. The summed E-state index contributed by atoms with van der Waals surface area (Å²) in [6.45, 7) is 11.8. The average Bonchev–Trinajstić information content (AvgIpc) is 3.21. The predicted octanol–water partition coefficient (Wildman–Crippen LogP) is 10.7. The fourth-order valence-electron chi connectivity index (χ4n) is 5.83. The zero-order valence-corrected chi connectivity index (χ0v) is 29.7. The van der Waals surface area contributed by atoms with Crippen LogP contribution in [-0.2, 0) is 0 Å². The van der Waals surface area contributed by atoms with Crippen LogP contribution in [0.15, 0.2) is 176 Å². The van der Waals surface area contributed by atoms with Crippen LogP contribution in [0.3, 0.4) is 0 Å². The number of hydrogen-bond acceptors (Lipinski definition) is 6. The molecule has 0 unspecified atom stereocenters. The highest BCUT2D eigenvalue weighted by molar-refractivity contribution is 6.09. The van der Waals surface area contributed by atoms with E-state index in [0.29, 0.717) is 17.5 Å². The van der Waals surface area contributed by atoms with Gasteiger partial charge in [0, 0.05) is 39.2 Å². The fraction of sp³-hybridized carbons (Fsp3) is 0.0652. The van der Waals surface area contributed by atoms with E-state index in [2.05, 4.69) is 90.6 Å². The molecule has 2 N–H and O–H groups in total. The summed E-state index contributed by atoms with van der Waals surface area (Å²) in [5.74, 6) is 1.84. The second kappa shape index (κ2) is 16.4. The monoisotopic (exact) mass is 676 g/mol. The number of aromatic nitrogens is 4. The number of pyridine rings is 1. The number of nitrogens with zero attached hydrogens (tertiary/aromatic N) is 5. The number of aryl methyl sites for hydroxylation is 1. The van der Waals surface area contributed by atoms with E-state index in [1.165, 1.54) is 7.05 Å². The number of nitrogens with two attached hydrogens (primary N) is 1. The van der Waals surface area contributed by atoms with Gasteiger partial charge in [0.2, 0.25) is 0 Å². The van der Waals surface area contributed by atoms with Crippen LogP contribution < -0.4 is 5.73 Å². The van der Waals surface area contributed by atoms with Gasteiger partial charge in [0.25, 0.3) is 0 Å². The Labute approximate surface area is 305 Å².